The molecule has 1 aliphatic heterocycles. The number of nitrogens with zero attached hydrogens (tertiary/aromatic N) is 1. The van der Waals surface area contributed by atoms with Crippen molar-refractivity contribution in [2.24, 2.45) is 0 Å². The number of carbonyl (C=O) groups excluding carboxylic acids is 1. The molecule has 0 saturated carbocycles. The lowest BCUT2D eigenvalue weighted by atomic mass is 10.2. The fraction of sp³-hybridized carbons (Fsp3) is 0.533. The van der Waals surface area contributed by atoms with Crippen LogP contribution in [0.25, 0.3) is 0 Å². The lowest BCUT2D eigenvalue weighted by molar-refractivity contribution is -0.132. The Labute approximate surface area is 125 Å². The summed E-state index contributed by atoms with van der Waals surface area (Å²) in [5.74, 6) is -0.0296. The molecule has 0 aromatic heterocycles. The SMILES string of the molecule is COCCC(=O)N1CCCC1CS(=O)(=O)c1ccccc1. The summed E-state index contributed by atoms with van der Waals surface area (Å²) in [6.45, 7) is 1.00. The van der Waals surface area contributed by atoms with Crippen molar-refractivity contribution < 1.29 is 17.9 Å². The molecule has 1 aromatic rings. The lowest BCUT2D eigenvalue weighted by Gasteiger charge is -2.24. The number of carbonyl (C=O) groups is 1. The van der Waals surface area contributed by atoms with Crippen LogP contribution in [0.15, 0.2) is 35.2 Å². The fourth-order valence-electron chi connectivity index (χ4n) is 2.65. The van der Waals surface area contributed by atoms with E-state index in [4.69, 9.17) is 4.74 Å². The fourth-order valence-corrected chi connectivity index (χ4v) is 4.27. The van der Waals surface area contributed by atoms with Gasteiger partial charge in [0, 0.05) is 19.7 Å². The zero-order valence-corrected chi connectivity index (χ0v) is 13.0. The van der Waals surface area contributed by atoms with Crippen LogP contribution in [0.3, 0.4) is 0 Å². The van der Waals surface area contributed by atoms with Crippen molar-refractivity contribution in [3.8, 4) is 0 Å². The second kappa shape index (κ2) is 7.04. The Morgan fingerprint density at radius 3 is 2.71 bits per heavy atom. The minimum absolute atomic E-state index is 0.00423. The standard InChI is InChI=1S/C15H21NO4S/c1-20-11-9-15(17)16-10-5-6-13(16)12-21(18,19)14-7-3-2-4-8-14/h2-4,7-8,13H,5-6,9-12H2,1H3. The normalized spacial score (nSPS) is 18.9. The quantitative estimate of drug-likeness (QED) is 0.798. The van der Waals surface area contributed by atoms with Crippen LogP contribution >= 0.6 is 0 Å². The molecular formula is C15H21NO4S. The molecule has 1 aromatic carbocycles. The lowest BCUT2D eigenvalue weighted by Crippen LogP contribution is -2.40. The maximum atomic E-state index is 12.4. The molecule has 1 amide bonds. The van der Waals surface area contributed by atoms with Gasteiger partial charge in [-0.05, 0) is 25.0 Å². The van der Waals surface area contributed by atoms with Crippen LogP contribution in [-0.4, -0.2) is 51.3 Å². The Hall–Kier alpha value is -1.40. The van der Waals surface area contributed by atoms with Crippen molar-refractivity contribution in [2.75, 3.05) is 26.0 Å². The van der Waals surface area contributed by atoms with Gasteiger partial charge in [0.05, 0.1) is 23.7 Å². The molecule has 6 heteroatoms. The summed E-state index contributed by atoms with van der Waals surface area (Å²) in [7, 11) is -1.81. The molecule has 1 aliphatic rings. The van der Waals surface area contributed by atoms with Gasteiger partial charge in [0.2, 0.25) is 5.91 Å². The molecule has 2 rings (SSSR count). The van der Waals surface area contributed by atoms with E-state index in [-0.39, 0.29) is 17.7 Å². The van der Waals surface area contributed by atoms with E-state index in [1.54, 1.807) is 42.3 Å². The number of methoxy groups -OCH3 is 1. The van der Waals surface area contributed by atoms with E-state index in [2.05, 4.69) is 0 Å². The Balaban J connectivity index is 2.06. The van der Waals surface area contributed by atoms with E-state index < -0.39 is 9.84 Å². The van der Waals surface area contributed by atoms with Gasteiger partial charge in [-0.2, -0.15) is 0 Å². The molecular weight excluding hydrogens is 290 g/mol. The van der Waals surface area contributed by atoms with Crippen molar-refractivity contribution in [1.29, 1.82) is 0 Å². The Kier molecular flexibility index (Phi) is 5.36. The van der Waals surface area contributed by atoms with E-state index in [0.717, 1.165) is 12.8 Å². The first-order chi connectivity index (χ1) is 10.0. The van der Waals surface area contributed by atoms with E-state index in [9.17, 15) is 13.2 Å². The molecule has 5 nitrogen and oxygen atoms in total. The molecule has 0 bridgehead atoms. The highest BCUT2D eigenvalue weighted by atomic mass is 32.2. The minimum Gasteiger partial charge on any atom is -0.384 e. The number of rotatable bonds is 6. The van der Waals surface area contributed by atoms with Gasteiger partial charge in [-0.3, -0.25) is 4.79 Å². The predicted molar refractivity (Wildman–Crippen MR) is 79.7 cm³/mol. The molecule has 116 valence electrons. The summed E-state index contributed by atoms with van der Waals surface area (Å²) < 4.78 is 29.7. The first-order valence-corrected chi connectivity index (χ1v) is 8.76. The van der Waals surface area contributed by atoms with E-state index in [1.165, 1.54) is 0 Å². The summed E-state index contributed by atoms with van der Waals surface area (Å²) in [6, 6.07) is 8.18. The second-order valence-electron chi connectivity index (χ2n) is 5.22. The monoisotopic (exact) mass is 311 g/mol. The summed E-state index contributed by atoms with van der Waals surface area (Å²) >= 11 is 0. The highest BCUT2D eigenvalue weighted by molar-refractivity contribution is 7.91. The van der Waals surface area contributed by atoms with Crippen LogP contribution in [0.5, 0.6) is 0 Å². The molecule has 1 atom stereocenters. The Morgan fingerprint density at radius 1 is 1.33 bits per heavy atom. The average Bonchev–Trinajstić information content (AvgIpc) is 2.93. The van der Waals surface area contributed by atoms with Crippen LogP contribution in [0.2, 0.25) is 0 Å². The number of ether oxygens (including phenoxy) is 1. The molecule has 1 unspecified atom stereocenters. The van der Waals surface area contributed by atoms with Gasteiger partial charge in [0.1, 0.15) is 0 Å². The maximum Gasteiger partial charge on any atom is 0.225 e. The van der Waals surface area contributed by atoms with Gasteiger partial charge in [0.25, 0.3) is 0 Å². The van der Waals surface area contributed by atoms with Crippen LogP contribution in [0, 0.1) is 0 Å². The summed E-state index contributed by atoms with van der Waals surface area (Å²) in [6.07, 6.45) is 1.90. The Morgan fingerprint density at radius 2 is 2.05 bits per heavy atom. The van der Waals surface area contributed by atoms with Gasteiger partial charge in [0.15, 0.2) is 9.84 Å². The van der Waals surface area contributed by atoms with E-state index in [1.807, 2.05) is 0 Å². The molecule has 1 heterocycles. The van der Waals surface area contributed by atoms with Gasteiger partial charge >= 0.3 is 0 Å². The average molecular weight is 311 g/mol. The van der Waals surface area contributed by atoms with Crippen molar-refractivity contribution in [3.63, 3.8) is 0 Å². The largest absolute Gasteiger partial charge is 0.384 e. The summed E-state index contributed by atoms with van der Waals surface area (Å²) in [5, 5.41) is 0. The van der Waals surface area contributed by atoms with Crippen LogP contribution in [0.4, 0.5) is 0 Å². The van der Waals surface area contributed by atoms with Crippen LogP contribution < -0.4 is 0 Å². The maximum absolute atomic E-state index is 12.4. The third-order valence-electron chi connectivity index (χ3n) is 3.73. The van der Waals surface area contributed by atoms with Gasteiger partial charge < -0.3 is 9.64 Å². The van der Waals surface area contributed by atoms with Gasteiger partial charge in [-0.25, -0.2) is 8.42 Å². The molecule has 0 aliphatic carbocycles. The van der Waals surface area contributed by atoms with Crippen molar-refractivity contribution in [2.45, 2.75) is 30.2 Å². The van der Waals surface area contributed by atoms with Crippen molar-refractivity contribution in [1.82, 2.24) is 4.90 Å². The van der Waals surface area contributed by atoms with Crippen LogP contribution in [0.1, 0.15) is 19.3 Å². The molecule has 1 fully saturated rings. The second-order valence-corrected chi connectivity index (χ2v) is 7.25. The van der Waals surface area contributed by atoms with E-state index in [0.29, 0.717) is 24.5 Å². The number of hydrogen-bond acceptors (Lipinski definition) is 4. The molecule has 0 N–H and O–H groups in total. The highest BCUT2D eigenvalue weighted by Gasteiger charge is 2.32. The number of likely N-dealkylation sites (tertiary alicyclic amines) is 1. The number of hydrogen-bond donors (Lipinski definition) is 0. The molecule has 0 radical (unpaired) electrons. The zero-order chi connectivity index (χ0) is 15.3. The third-order valence-corrected chi connectivity index (χ3v) is 5.55. The minimum atomic E-state index is -3.36. The first kappa shape index (κ1) is 16.0. The van der Waals surface area contributed by atoms with Gasteiger partial charge in [-0.1, -0.05) is 18.2 Å². The number of sulfone groups is 1. The van der Waals surface area contributed by atoms with Crippen molar-refractivity contribution in [3.05, 3.63) is 30.3 Å². The van der Waals surface area contributed by atoms with Gasteiger partial charge in [-0.15, -0.1) is 0 Å². The third kappa shape index (κ3) is 4.04. The summed E-state index contributed by atoms with van der Waals surface area (Å²) in [5.41, 5.74) is 0. The first-order valence-electron chi connectivity index (χ1n) is 7.11. The molecule has 21 heavy (non-hydrogen) atoms. The number of amides is 1. The van der Waals surface area contributed by atoms with Crippen LogP contribution in [-0.2, 0) is 19.4 Å². The predicted octanol–water partition coefficient (Wildman–Crippen LogP) is 1.49. The zero-order valence-electron chi connectivity index (χ0n) is 12.2. The Bertz CT molecular complexity index is 571. The topological polar surface area (TPSA) is 63.7 Å². The summed E-state index contributed by atoms with van der Waals surface area (Å²) in [4.78, 5) is 14.1. The number of benzene rings is 1. The highest BCUT2D eigenvalue weighted by Crippen LogP contribution is 2.22. The van der Waals surface area contributed by atoms with Crippen molar-refractivity contribution >= 4 is 15.7 Å². The smallest absolute Gasteiger partial charge is 0.225 e. The molecule has 1 saturated heterocycles. The molecule has 0 spiro atoms. The van der Waals surface area contributed by atoms with E-state index >= 15 is 0 Å².